The van der Waals surface area contributed by atoms with Gasteiger partial charge in [-0.1, -0.05) is 6.07 Å². The fourth-order valence-electron chi connectivity index (χ4n) is 2.12. The molecule has 2 rings (SSSR count). The van der Waals surface area contributed by atoms with Gasteiger partial charge in [-0.05, 0) is 25.5 Å². The number of nitrogens with two attached hydrogens (primary N) is 1. The smallest absolute Gasteiger partial charge is 0.249 e. The lowest BCUT2D eigenvalue weighted by Crippen LogP contribution is -2.56. The third-order valence-corrected chi connectivity index (χ3v) is 3.18. The van der Waals surface area contributed by atoms with Gasteiger partial charge in [0.2, 0.25) is 5.91 Å². The molecular formula is C13H18N2O3. The van der Waals surface area contributed by atoms with Crippen molar-refractivity contribution in [3.8, 4) is 5.75 Å². The van der Waals surface area contributed by atoms with Gasteiger partial charge in [-0.3, -0.25) is 4.79 Å². The number of benzene rings is 1. The topological polar surface area (TPSA) is 75.8 Å². The average molecular weight is 250 g/mol. The number of anilines is 1. The zero-order chi connectivity index (χ0) is 13.2. The second kappa shape index (κ2) is 4.96. The second-order valence-electron chi connectivity index (χ2n) is 4.53. The number of rotatable bonds is 3. The van der Waals surface area contributed by atoms with Crippen LogP contribution in [0.1, 0.15) is 13.3 Å². The first-order valence-electron chi connectivity index (χ1n) is 6.04. The minimum absolute atomic E-state index is 0.132. The monoisotopic (exact) mass is 250 g/mol. The first-order valence-corrected chi connectivity index (χ1v) is 6.04. The standard InChI is InChI=1S/C13H18N2O3/c1-2-15(10-4-3-5-11(16)8-10)12(17)13(14)6-7-18-9-13/h3-5,8,16H,2,6-7,9,14H2,1H3. The Kier molecular flexibility index (Phi) is 3.54. The Hall–Kier alpha value is -1.59. The van der Waals surface area contributed by atoms with Crippen molar-refractivity contribution in [2.75, 3.05) is 24.7 Å². The number of likely N-dealkylation sites (N-methyl/N-ethyl adjacent to an activating group) is 1. The lowest BCUT2D eigenvalue weighted by atomic mass is 9.98. The summed E-state index contributed by atoms with van der Waals surface area (Å²) in [5.74, 6) is -0.0272. The number of phenolic OH excluding ortho intramolecular Hbond substituents is 1. The molecule has 98 valence electrons. The van der Waals surface area contributed by atoms with E-state index in [1.165, 1.54) is 0 Å². The average Bonchev–Trinajstić information content (AvgIpc) is 2.78. The highest BCUT2D eigenvalue weighted by Gasteiger charge is 2.41. The molecule has 0 spiro atoms. The van der Waals surface area contributed by atoms with E-state index in [4.69, 9.17) is 10.5 Å². The third kappa shape index (κ3) is 2.32. The van der Waals surface area contributed by atoms with Crippen LogP contribution in [0.15, 0.2) is 24.3 Å². The van der Waals surface area contributed by atoms with Crippen LogP contribution in [0.3, 0.4) is 0 Å². The van der Waals surface area contributed by atoms with Crippen LogP contribution >= 0.6 is 0 Å². The normalized spacial score (nSPS) is 23.0. The first-order chi connectivity index (χ1) is 8.57. The maximum atomic E-state index is 12.4. The molecule has 1 fully saturated rings. The van der Waals surface area contributed by atoms with Crippen LogP contribution in [0, 0.1) is 0 Å². The van der Waals surface area contributed by atoms with E-state index in [-0.39, 0.29) is 18.3 Å². The van der Waals surface area contributed by atoms with E-state index in [1.807, 2.05) is 6.92 Å². The van der Waals surface area contributed by atoms with E-state index in [0.717, 1.165) is 0 Å². The van der Waals surface area contributed by atoms with Gasteiger partial charge < -0.3 is 20.5 Å². The summed E-state index contributed by atoms with van der Waals surface area (Å²) in [5.41, 5.74) is 5.78. The molecule has 1 amide bonds. The van der Waals surface area contributed by atoms with Crippen LogP contribution in [0.2, 0.25) is 0 Å². The van der Waals surface area contributed by atoms with Crippen molar-refractivity contribution < 1.29 is 14.6 Å². The molecule has 0 bridgehead atoms. The molecule has 1 unspecified atom stereocenters. The van der Waals surface area contributed by atoms with Gasteiger partial charge in [-0.2, -0.15) is 0 Å². The number of carbonyl (C=O) groups is 1. The Morgan fingerprint density at radius 3 is 2.94 bits per heavy atom. The molecular weight excluding hydrogens is 232 g/mol. The number of hydrogen-bond acceptors (Lipinski definition) is 4. The number of nitrogens with zero attached hydrogens (tertiary/aromatic N) is 1. The maximum Gasteiger partial charge on any atom is 0.249 e. The van der Waals surface area contributed by atoms with E-state index < -0.39 is 5.54 Å². The Bertz CT molecular complexity index is 442. The van der Waals surface area contributed by atoms with Crippen LogP contribution in [-0.2, 0) is 9.53 Å². The summed E-state index contributed by atoms with van der Waals surface area (Å²) in [7, 11) is 0. The molecule has 1 heterocycles. The fourth-order valence-corrected chi connectivity index (χ4v) is 2.12. The number of aromatic hydroxyl groups is 1. The number of hydrogen-bond donors (Lipinski definition) is 2. The largest absolute Gasteiger partial charge is 0.508 e. The molecule has 1 aliphatic rings. The lowest BCUT2D eigenvalue weighted by molar-refractivity contribution is -0.123. The molecule has 5 nitrogen and oxygen atoms in total. The number of phenols is 1. The number of amides is 1. The third-order valence-electron chi connectivity index (χ3n) is 3.18. The molecule has 1 atom stereocenters. The van der Waals surface area contributed by atoms with E-state index >= 15 is 0 Å². The van der Waals surface area contributed by atoms with Crippen molar-refractivity contribution in [1.82, 2.24) is 0 Å². The zero-order valence-electron chi connectivity index (χ0n) is 10.4. The molecule has 3 N–H and O–H groups in total. The van der Waals surface area contributed by atoms with Gasteiger partial charge in [0.25, 0.3) is 0 Å². The van der Waals surface area contributed by atoms with Crippen molar-refractivity contribution in [2.45, 2.75) is 18.9 Å². The summed E-state index contributed by atoms with van der Waals surface area (Å²) in [5, 5.41) is 9.47. The van der Waals surface area contributed by atoms with Crippen LogP contribution in [0.4, 0.5) is 5.69 Å². The van der Waals surface area contributed by atoms with Gasteiger partial charge in [0.1, 0.15) is 11.3 Å². The summed E-state index contributed by atoms with van der Waals surface area (Å²) < 4.78 is 5.21. The molecule has 0 aliphatic carbocycles. The molecule has 1 aliphatic heterocycles. The van der Waals surface area contributed by atoms with Crippen LogP contribution < -0.4 is 10.6 Å². The van der Waals surface area contributed by atoms with E-state index in [0.29, 0.717) is 25.3 Å². The highest BCUT2D eigenvalue weighted by Crippen LogP contribution is 2.25. The number of carbonyl (C=O) groups excluding carboxylic acids is 1. The molecule has 5 heteroatoms. The Morgan fingerprint density at radius 1 is 1.61 bits per heavy atom. The predicted octanol–water partition coefficient (Wildman–Crippen LogP) is 0.863. The highest BCUT2D eigenvalue weighted by atomic mass is 16.5. The van der Waals surface area contributed by atoms with Crippen molar-refractivity contribution in [2.24, 2.45) is 5.73 Å². The molecule has 1 saturated heterocycles. The van der Waals surface area contributed by atoms with Gasteiger partial charge in [0.05, 0.1) is 6.61 Å². The quantitative estimate of drug-likeness (QED) is 0.834. The van der Waals surface area contributed by atoms with E-state index in [9.17, 15) is 9.90 Å². The summed E-state index contributed by atoms with van der Waals surface area (Å²) in [6, 6.07) is 6.61. The van der Waals surface area contributed by atoms with Gasteiger partial charge in [-0.15, -0.1) is 0 Å². The highest BCUT2D eigenvalue weighted by molar-refractivity contribution is 6.00. The summed E-state index contributed by atoms with van der Waals surface area (Å²) in [6.07, 6.45) is 0.529. The fraction of sp³-hybridized carbons (Fsp3) is 0.462. The zero-order valence-corrected chi connectivity index (χ0v) is 10.4. The first kappa shape index (κ1) is 12.9. The van der Waals surface area contributed by atoms with E-state index in [2.05, 4.69) is 0 Å². The van der Waals surface area contributed by atoms with Crippen molar-refractivity contribution in [3.63, 3.8) is 0 Å². The van der Waals surface area contributed by atoms with Gasteiger partial charge in [0.15, 0.2) is 0 Å². The summed E-state index contributed by atoms with van der Waals surface area (Å²) >= 11 is 0. The van der Waals surface area contributed by atoms with E-state index in [1.54, 1.807) is 29.2 Å². The van der Waals surface area contributed by atoms with Gasteiger partial charge >= 0.3 is 0 Å². The van der Waals surface area contributed by atoms with Crippen LogP contribution in [0.5, 0.6) is 5.75 Å². The molecule has 0 radical (unpaired) electrons. The molecule has 0 aromatic heterocycles. The number of ether oxygens (including phenoxy) is 1. The predicted molar refractivity (Wildman–Crippen MR) is 68.5 cm³/mol. The van der Waals surface area contributed by atoms with Crippen LogP contribution in [-0.4, -0.2) is 36.3 Å². The molecule has 0 saturated carbocycles. The van der Waals surface area contributed by atoms with Crippen molar-refractivity contribution in [3.05, 3.63) is 24.3 Å². The van der Waals surface area contributed by atoms with Gasteiger partial charge in [-0.25, -0.2) is 0 Å². The van der Waals surface area contributed by atoms with Crippen molar-refractivity contribution >= 4 is 11.6 Å². The molecule has 1 aromatic rings. The maximum absolute atomic E-state index is 12.4. The van der Waals surface area contributed by atoms with Gasteiger partial charge in [0, 0.05) is 24.9 Å². The SMILES string of the molecule is CCN(C(=O)C1(N)CCOC1)c1cccc(O)c1. The Labute approximate surface area is 106 Å². The second-order valence-corrected chi connectivity index (χ2v) is 4.53. The molecule has 1 aromatic carbocycles. The summed E-state index contributed by atoms with van der Waals surface area (Å²) in [4.78, 5) is 14.0. The summed E-state index contributed by atoms with van der Waals surface area (Å²) in [6.45, 7) is 3.14. The minimum atomic E-state index is -0.943. The molecule has 18 heavy (non-hydrogen) atoms. The lowest BCUT2D eigenvalue weighted by Gasteiger charge is -2.29. The minimum Gasteiger partial charge on any atom is -0.508 e. The van der Waals surface area contributed by atoms with Crippen molar-refractivity contribution in [1.29, 1.82) is 0 Å². The Morgan fingerprint density at radius 2 is 2.39 bits per heavy atom. The van der Waals surface area contributed by atoms with Crippen LogP contribution in [0.25, 0.3) is 0 Å². The Balaban J connectivity index is 2.26.